The van der Waals surface area contributed by atoms with Gasteiger partial charge in [0, 0.05) is 18.2 Å². The molecule has 0 saturated heterocycles. The second-order valence-electron chi connectivity index (χ2n) is 6.07. The van der Waals surface area contributed by atoms with Crippen LogP contribution in [0, 0.1) is 5.82 Å². The van der Waals surface area contributed by atoms with Crippen LogP contribution in [0.2, 0.25) is 0 Å². The number of benzene rings is 1. The van der Waals surface area contributed by atoms with Gasteiger partial charge in [0.25, 0.3) is 0 Å². The van der Waals surface area contributed by atoms with Crippen LogP contribution in [0.15, 0.2) is 36.4 Å². The summed E-state index contributed by atoms with van der Waals surface area (Å²) in [6, 6.07) is 8.67. The predicted octanol–water partition coefficient (Wildman–Crippen LogP) is 4.94. The molecule has 1 aliphatic carbocycles. The second kappa shape index (κ2) is 6.89. The fourth-order valence-corrected chi connectivity index (χ4v) is 3.02. The molecule has 3 rings (SSSR count). The number of aromatic nitrogens is 1. The van der Waals surface area contributed by atoms with Crippen molar-refractivity contribution >= 4 is 0 Å². The predicted molar refractivity (Wildman–Crippen MR) is 83.7 cm³/mol. The molecule has 0 radical (unpaired) electrons. The number of halogens is 4. The molecule has 6 heteroatoms. The van der Waals surface area contributed by atoms with Crippen LogP contribution in [-0.2, 0) is 12.7 Å². The molecule has 0 amide bonds. The van der Waals surface area contributed by atoms with Crippen molar-refractivity contribution in [3.8, 4) is 11.3 Å². The Morgan fingerprint density at radius 2 is 1.83 bits per heavy atom. The Balaban J connectivity index is 1.80. The number of rotatable bonds is 4. The van der Waals surface area contributed by atoms with Gasteiger partial charge in [0.15, 0.2) is 0 Å². The molecule has 1 aromatic carbocycles. The largest absolute Gasteiger partial charge is 0.419 e. The van der Waals surface area contributed by atoms with Gasteiger partial charge in [-0.1, -0.05) is 18.9 Å². The zero-order valence-electron chi connectivity index (χ0n) is 13.0. The van der Waals surface area contributed by atoms with Crippen molar-refractivity contribution in [2.45, 2.75) is 44.4 Å². The summed E-state index contributed by atoms with van der Waals surface area (Å²) in [4.78, 5) is 4.40. The molecule has 0 spiro atoms. The minimum Gasteiger partial charge on any atom is -0.308 e. The molecule has 0 unspecified atom stereocenters. The lowest BCUT2D eigenvalue weighted by Gasteiger charge is -2.13. The van der Waals surface area contributed by atoms with E-state index >= 15 is 0 Å². The Hall–Kier alpha value is -1.95. The van der Waals surface area contributed by atoms with E-state index in [1.54, 1.807) is 12.1 Å². The lowest BCUT2D eigenvalue weighted by molar-refractivity contribution is -0.139. The zero-order valence-corrected chi connectivity index (χ0v) is 13.0. The van der Waals surface area contributed by atoms with Gasteiger partial charge >= 0.3 is 6.18 Å². The summed E-state index contributed by atoms with van der Waals surface area (Å²) < 4.78 is 51.9. The maximum atomic E-state index is 13.4. The standard InChI is InChI=1S/C18H18F4N2/c19-16-9-8-12(10-15(16)18(20,21)22)17-7-3-6-14(24-17)11-23-13-4-1-2-5-13/h3,6-10,13,23H,1-2,4-5,11H2. The molecule has 2 nitrogen and oxygen atoms in total. The maximum absolute atomic E-state index is 13.4. The van der Waals surface area contributed by atoms with Gasteiger partial charge in [-0.05, 0) is 43.2 Å². The normalized spacial score (nSPS) is 15.8. The van der Waals surface area contributed by atoms with Crippen molar-refractivity contribution in [2.24, 2.45) is 0 Å². The molecular formula is C18H18F4N2. The zero-order chi connectivity index (χ0) is 17.2. The van der Waals surface area contributed by atoms with Gasteiger partial charge in [-0.25, -0.2) is 4.39 Å². The van der Waals surface area contributed by atoms with Crippen LogP contribution in [0.5, 0.6) is 0 Å². The third-order valence-corrected chi connectivity index (χ3v) is 4.30. The smallest absolute Gasteiger partial charge is 0.308 e. The topological polar surface area (TPSA) is 24.9 Å². The van der Waals surface area contributed by atoms with Crippen LogP contribution >= 0.6 is 0 Å². The maximum Gasteiger partial charge on any atom is 0.419 e. The van der Waals surface area contributed by atoms with Crippen molar-refractivity contribution in [3.05, 3.63) is 53.5 Å². The van der Waals surface area contributed by atoms with Crippen LogP contribution in [-0.4, -0.2) is 11.0 Å². The number of hydrogen-bond donors (Lipinski definition) is 1. The number of pyridine rings is 1. The Bertz CT molecular complexity index is 706. The number of nitrogens with one attached hydrogen (secondary N) is 1. The van der Waals surface area contributed by atoms with Crippen molar-refractivity contribution in [3.63, 3.8) is 0 Å². The Labute approximate surface area is 137 Å². The molecule has 1 fully saturated rings. The van der Waals surface area contributed by atoms with Crippen molar-refractivity contribution in [2.75, 3.05) is 0 Å². The summed E-state index contributed by atoms with van der Waals surface area (Å²) in [7, 11) is 0. The number of nitrogens with zero attached hydrogens (tertiary/aromatic N) is 1. The Morgan fingerprint density at radius 3 is 2.54 bits per heavy atom. The van der Waals surface area contributed by atoms with Crippen LogP contribution in [0.3, 0.4) is 0 Å². The Morgan fingerprint density at radius 1 is 1.08 bits per heavy atom. The highest BCUT2D eigenvalue weighted by molar-refractivity contribution is 5.60. The first-order chi connectivity index (χ1) is 11.4. The van der Waals surface area contributed by atoms with Gasteiger partial charge in [-0.3, -0.25) is 4.98 Å². The summed E-state index contributed by atoms with van der Waals surface area (Å²) >= 11 is 0. The first-order valence-corrected chi connectivity index (χ1v) is 8.00. The fourth-order valence-electron chi connectivity index (χ4n) is 3.02. The lowest BCUT2D eigenvalue weighted by atomic mass is 10.1. The minimum absolute atomic E-state index is 0.256. The van der Waals surface area contributed by atoms with E-state index in [2.05, 4.69) is 10.3 Å². The second-order valence-corrected chi connectivity index (χ2v) is 6.07. The van der Waals surface area contributed by atoms with E-state index in [-0.39, 0.29) is 5.56 Å². The molecule has 1 aromatic heterocycles. The van der Waals surface area contributed by atoms with Gasteiger partial charge in [0.2, 0.25) is 0 Å². The van der Waals surface area contributed by atoms with E-state index in [1.165, 1.54) is 18.9 Å². The molecule has 1 heterocycles. The van der Waals surface area contributed by atoms with Crippen molar-refractivity contribution in [1.29, 1.82) is 0 Å². The van der Waals surface area contributed by atoms with Crippen molar-refractivity contribution < 1.29 is 17.6 Å². The molecule has 0 atom stereocenters. The molecule has 0 bridgehead atoms. The van der Waals surface area contributed by atoms with E-state index in [9.17, 15) is 17.6 Å². The van der Waals surface area contributed by atoms with Gasteiger partial charge in [-0.2, -0.15) is 13.2 Å². The Kier molecular flexibility index (Phi) is 4.85. The lowest BCUT2D eigenvalue weighted by Crippen LogP contribution is -2.25. The van der Waals surface area contributed by atoms with E-state index in [4.69, 9.17) is 0 Å². The van der Waals surface area contributed by atoms with E-state index in [0.717, 1.165) is 30.7 Å². The molecule has 128 valence electrons. The third-order valence-electron chi connectivity index (χ3n) is 4.30. The minimum atomic E-state index is -4.72. The summed E-state index contributed by atoms with van der Waals surface area (Å²) in [6.45, 7) is 0.575. The van der Waals surface area contributed by atoms with E-state index in [0.29, 0.717) is 18.3 Å². The van der Waals surface area contributed by atoms with Gasteiger partial charge < -0.3 is 5.32 Å². The van der Waals surface area contributed by atoms with Crippen LogP contribution in [0.25, 0.3) is 11.3 Å². The summed E-state index contributed by atoms with van der Waals surface area (Å²) in [5, 5.41) is 3.42. The van der Waals surface area contributed by atoms with Crippen LogP contribution in [0.1, 0.15) is 36.9 Å². The molecule has 1 saturated carbocycles. The average molecular weight is 338 g/mol. The first kappa shape index (κ1) is 16.9. The van der Waals surface area contributed by atoms with Gasteiger partial charge in [0.1, 0.15) is 5.82 Å². The molecular weight excluding hydrogens is 320 g/mol. The summed E-state index contributed by atoms with van der Waals surface area (Å²) in [6.07, 6.45) is 0.0167. The van der Waals surface area contributed by atoms with Crippen LogP contribution < -0.4 is 5.32 Å². The first-order valence-electron chi connectivity index (χ1n) is 8.00. The summed E-state index contributed by atoms with van der Waals surface area (Å²) in [5.74, 6) is -1.27. The third kappa shape index (κ3) is 3.93. The number of alkyl halides is 3. The fraction of sp³-hybridized carbons (Fsp3) is 0.389. The van der Waals surface area contributed by atoms with Gasteiger partial charge in [0.05, 0.1) is 17.0 Å². The van der Waals surface area contributed by atoms with Crippen LogP contribution in [0.4, 0.5) is 17.6 Å². The van der Waals surface area contributed by atoms with E-state index < -0.39 is 17.6 Å². The molecule has 1 N–H and O–H groups in total. The highest BCUT2D eigenvalue weighted by atomic mass is 19.4. The van der Waals surface area contributed by atoms with E-state index in [1.807, 2.05) is 6.07 Å². The molecule has 24 heavy (non-hydrogen) atoms. The highest BCUT2D eigenvalue weighted by Crippen LogP contribution is 2.33. The highest BCUT2D eigenvalue weighted by Gasteiger charge is 2.34. The van der Waals surface area contributed by atoms with Crippen molar-refractivity contribution in [1.82, 2.24) is 10.3 Å². The molecule has 0 aliphatic heterocycles. The average Bonchev–Trinajstić information content (AvgIpc) is 3.06. The quantitative estimate of drug-likeness (QED) is 0.799. The summed E-state index contributed by atoms with van der Waals surface area (Å²) in [5.41, 5.74) is 0.159. The molecule has 2 aromatic rings. The van der Waals surface area contributed by atoms with Gasteiger partial charge in [-0.15, -0.1) is 0 Å². The number of hydrogen-bond acceptors (Lipinski definition) is 2. The monoisotopic (exact) mass is 338 g/mol. The SMILES string of the molecule is Fc1ccc(-c2cccc(CNC3CCCC3)n2)cc1C(F)(F)F. The molecule has 1 aliphatic rings.